The maximum absolute atomic E-state index is 8.16. The van der Waals surface area contributed by atoms with Crippen LogP contribution in [0.4, 0.5) is 0 Å². The fraction of sp³-hybridized carbons (Fsp3) is 0.900. The largest absolute Gasteiger partial charge is 0.379 e. The number of rotatable bonds is 26. The molecule has 0 rings (SSSR count). The molecule has 0 aliphatic heterocycles. The highest BCUT2D eigenvalue weighted by Gasteiger charge is 2.25. The van der Waals surface area contributed by atoms with Crippen molar-refractivity contribution >= 4 is 0 Å². The third-order valence-corrected chi connectivity index (χ3v) is 3.87. The predicted molar refractivity (Wildman–Crippen MR) is 122 cm³/mol. The lowest BCUT2D eigenvalue weighted by Crippen LogP contribution is -2.35. The Morgan fingerprint density at radius 3 is 1.39 bits per heavy atom. The van der Waals surface area contributed by atoms with E-state index in [2.05, 4.69) is 26.6 Å². The van der Waals surface area contributed by atoms with Gasteiger partial charge in [0.15, 0.2) is 0 Å². The zero-order valence-electron chi connectivity index (χ0n) is 19.6. The van der Waals surface area contributed by atoms with E-state index < -0.39 is 0 Å². The van der Waals surface area contributed by atoms with Crippen molar-refractivity contribution in [1.29, 1.82) is 0 Å². The molecule has 0 radical (unpaired) electrons. The molecule has 0 unspecified atom stereocenters. The van der Waals surface area contributed by atoms with Crippen LogP contribution in [0, 0.1) is 5.41 Å². The van der Waals surface area contributed by atoms with Crippen LogP contribution in [0.3, 0.4) is 0 Å². The fourth-order valence-corrected chi connectivity index (χ4v) is 2.33. The molecule has 13 heteroatoms. The van der Waals surface area contributed by atoms with Crippen LogP contribution in [-0.4, -0.2) is 106 Å². The second kappa shape index (κ2) is 24.7. The van der Waals surface area contributed by atoms with Crippen LogP contribution < -0.4 is 0 Å². The van der Waals surface area contributed by atoms with Crippen LogP contribution in [0.15, 0.2) is 22.9 Å². The average Bonchev–Trinajstić information content (AvgIpc) is 2.81. The van der Waals surface area contributed by atoms with E-state index in [1.807, 2.05) is 6.92 Å². The number of hydrogen-bond acceptors (Lipinski definition) is 9. The predicted octanol–water partition coefficient (Wildman–Crippen LogP) is 2.92. The lowest BCUT2D eigenvalue weighted by Gasteiger charge is -2.29. The van der Waals surface area contributed by atoms with Gasteiger partial charge in [-0.05, 0) is 11.1 Å². The molecular weight excluding hydrogens is 436 g/mol. The Bertz CT molecular complexity index is 519. The average molecular weight is 475 g/mol. The van der Waals surface area contributed by atoms with Crippen LogP contribution in [0.5, 0.6) is 0 Å². The molecule has 0 atom stereocenters. The summed E-state index contributed by atoms with van der Waals surface area (Å²) in [5, 5.41) is 6.76. The first-order valence-electron chi connectivity index (χ1n) is 10.9. The van der Waals surface area contributed by atoms with E-state index in [-0.39, 0.29) is 5.41 Å². The van der Waals surface area contributed by atoms with Gasteiger partial charge in [0.05, 0.1) is 92.5 Å². The zero-order valence-corrected chi connectivity index (χ0v) is 19.6. The van der Waals surface area contributed by atoms with Gasteiger partial charge in [0.1, 0.15) is 0 Å². The minimum Gasteiger partial charge on any atom is -0.379 e. The van der Waals surface area contributed by atoms with Gasteiger partial charge in [0.2, 0.25) is 0 Å². The Labute approximate surface area is 195 Å². The molecular formula is C20H38N6O7. The Morgan fingerprint density at radius 1 is 0.636 bits per heavy atom. The van der Waals surface area contributed by atoms with Gasteiger partial charge >= 0.3 is 0 Å². The summed E-state index contributed by atoms with van der Waals surface area (Å²) in [5.74, 6) is 0. The maximum Gasteiger partial charge on any atom is 0.0701 e. The smallest absolute Gasteiger partial charge is 0.0701 e. The van der Waals surface area contributed by atoms with Crippen LogP contribution >= 0.6 is 0 Å². The number of hydrogen-bond donors (Lipinski definition) is 0. The van der Waals surface area contributed by atoms with E-state index in [9.17, 15) is 0 Å². The van der Waals surface area contributed by atoms with Gasteiger partial charge in [-0.1, -0.05) is 23.2 Å². The molecule has 0 heterocycles. The molecule has 0 bridgehead atoms. The van der Waals surface area contributed by atoms with Crippen LogP contribution in [-0.2, 0) is 33.2 Å². The molecule has 0 aromatic carbocycles. The molecule has 33 heavy (non-hydrogen) atoms. The van der Waals surface area contributed by atoms with Crippen molar-refractivity contribution in [3.63, 3.8) is 0 Å². The molecule has 0 saturated heterocycles. The third kappa shape index (κ3) is 23.0. The molecule has 0 saturated carbocycles. The Hall–Kier alpha value is -1.92. The molecule has 0 aromatic rings. The summed E-state index contributed by atoms with van der Waals surface area (Å²) in [6.07, 6.45) is 1.70. The Morgan fingerprint density at radius 2 is 1.00 bits per heavy atom. The second-order valence-electron chi connectivity index (χ2n) is 7.08. The van der Waals surface area contributed by atoms with Gasteiger partial charge in [0.25, 0.3) is 0 Å². The summed E-state index contributed by atoms with van der Waals surface area (Å²) in [6.45, 7) is 12.5. The van der Waals surface area contributed by atoms with Crippen molar-refractivity contribution in [2.45, 2.75) is 6.92 Å². The van der Waals surface area contributed by atoms with Crippen molar-refractivity contribution in [3.8, 4) is 0 Å². The molecule has 0 amide bonds. The highest BCUT2D eigenvalue weighted by Crippen LogP contribution is 2.18. The van der Waals surface area contributed by atoms with E-state index in [1.165, 1.54) is 0 Å². The Balaban J connectivity index is 3.85. The van der Waals surface area contributed by atoms with Gasteiger partial charge in [-0.2, -0.15) is 0 Å². The van der Waals surface area contributed by atoms with Crippen LogP contribution in [0.25, 0.3) is 20.9 Å². The monoisotopic (exact) mass is 474 g/mol. The van der Waals surface area contributed by atoms with Crippen molar-refractivity contribution in [2.24, 2.45) is 15.6 Å². The molecule has 190 valence electrons. The normalized spacial score (nSPS) is 12.5. The highest BCUT2D eigenvalue weighted by molar-refractivity contribution is 4.75. The first-order chi connectivity index (χ1) is 16.2. The van der Waals surface area contributed by atoms with E-state index in [0.29, 0.717) is 106 Å². The molecule has 0 spiro atoms. The van der Waals surface area contributed by atoms with Gasteiger partial charge in [-0.15, -0.1) is 6.58 Å². The second-order valence-corrected chi connectivity index (χ2v) is 7.08. The fourth-order valence-electron chi connectivity index (χ4n) is 2.33. The Kier molecular flexibility index (Phi) is 23.3. The van der Waals surface area contributed by atoms with Gasteiger partial charge in [-0.3, -0.25) is 0 Å². The van der Waals surface area contributed by atoms with E-state index in [0.717, 1.165) is 0 Å². The molecule has 0 aromatic heterocycles. The van der Waals surface area contributed by atoms with E-state index >= 15 is 0 Å². The van der Waals surface area contributed by atoms with E-state index in [4.69, 9.17) is 44.2 Å². The summed E-state index contributed by atoms with van der Waals surface area (Å²) in [4.78, 5) is 5.30. The zero-order chi connectivity index (χ0) is 24.3. The number of ether oxygens (including phenoxy) is 7. The highest BCUT2D eigenvalue weighted by atomic mass is 16.6. The molecule has 0 aliphatic carbocycles. The van der Waals surface area contributed by atoms with Crippen LogP contribution in [0.1, 0.15) is 6.92 Å². The van der Waals surface area contributed by atoms with Crippen LogP contribution in [0.2, 0.25) is 0 Å². The van der Waals surface area contributed by atoms with Gasteiger partial charge in [0, 0.05) is 28.3 Å². The van der Waals surface area contributed by atoms with Gasteiger partial charge < -0.3 is 33.2 Å². The molecule has 0 aliphatic rings. The van der Waals surface area contributed by atoms with Crippen molar-refractivity contribution < 1.29 is 33.2 Å². The maximum atomic E-state index is 8.16. The lowest BCUT2D eigenvalue weighted by molar-refractivity contribution is -0.0736. The topological polar surface area (TPSA) is 162 Å². The molecule has 0 fully saturated rings. The first-order valence-corrected chi connectivity index (χ1v) is 10.9. The summed E-state index contributed by atoms with van der Waals surface area (Å²) in [6, 6.07) is 0. The summed E-state index contributed by atoms with van der Waals surface area (Å²) in [7, 11) is 0. The minimum atomic E-state index is -0.322. The minimum absolute atomic E-state index is 0.314. The summed E-state index contributed by atoms with van der Waals surface area (Å²) >= 11 is 0. The quantitative estimate of drug-likeness (QED) is 0.0611. The summed E-state index contributed by atoms with van der Waals surface area (Å²) < 4.78 is 38.5. The SMILES string of the molecule is C=CCOCC(C)(COCCOCCOCCN=[N+]=[N-])COCCOCCOCCN=[N+]=[N-]. The van der Waals surface area contributed by atoms with Crippen molar-refractivity contribution in [2.75, 3.05) is 106 Å². The first kappa shape index (κ1) is 31.1. The third-order valence-electron chi connectivity index (χ3n) is 3.87. The summed E-state index contributed by atoms with van der Waals surface area (Å²) in [5.41, 5.74) is 16.0. The molecule has 13 nitrogen and oxygen atoms in total. The van der Waals surface area contributed by atoms with Crippen molar-refractivity contribution in [3.05, 3.63) is 33.5 Å². The van der Waals surface area contributed by atoms with Crippen molar-refractivity contribution in [1.82, 2.24) is 0 Å². The lowest BCUT2D eigenvalue weighted by atomic mass is 9.94. The molecule has 0 N–H and O–H groups in total. The standard InChI is InChI=1S/C20H38N6O7/c1-3-6-31-17-20(2,18-32-15-13-29-11-9-27-7-4-23-25-21)19-33-16-14-30-12-10-28-8-5-24-26-22/h3H,1,4-19H2,2H3. The number of azide groups is 2. The van der Waals surface area contributed by atoms with E-state index in [1.54, 1.807) is 6.08 Å². The van der Waals surface area contributed by atoms with Gasteiger partial charge in [-0.25, -0.2) is 0 Å². The number of nitrogens with zero attached hydrogens (tertiary/aromatic N) is 6.